The van der Waals surface area contributed by atoms with Crippen molar-refractivity contribution in [3.8, 4) is 0 Å². The van der Waals surface area contributed by atoms with E-state index in [1.54, 1.807) is 0 Å². The SMILES string of the molecule is Ic1cnc(CCCc2ccccc2)nc1. The Balaban J connectivity index is 1.82. The van der Waals surface area contributed by atoms with Crippen molar-refractivity contribution >= 4 is 22.6 Å². The summed E-state index contributed by atoms with van der Waals surface area (Å²) in [4.78, 5) is 8.58. The minimum Gasteiger partial charge on any atom is -0.240 e. The first-order valence-corrected chi connectivity index (χ1v) is 6.43. The number of benzene rings is 1. The maximum atomic E-state index is 4.29. The third-order valence-electron chi connectivity index (χ3n) is 2.38. The normalized spacial score (nSPS) is 10.3. The fourth-order valence-corrected chi connectivity index (χ4v) is 1.84. The van der Waals surface area contributed by atoms with Crippen molar-refractivity contribution in [3.05, 3.63) is 57.7 Å². The van der Waals surface area contributed by atoms with Gasteiger partial charge in [-0.25, -0.2) is 9.97 Å². The van der Waals surface area contributed by atoms with E-state index < -0.39 is 0 Å². The standard InChI is InChI=1S/C13H13IN2/c14-12-9-15-13(16-10-12)8-4-7-11-5-2-1-3-6-11/h1-3,5-6,9-10H,4,7-8H2. The molecule has 1 aromatic carbocycles. The first-order chi connectivity index (χ1) is 7.84. The van der Waals surface area contributed by atoms with E-state index in [9.17, 15) is 0 Å². The molecule has 0 bridgehead atoms. The van der Waals surface area contributed by atoms with Crippen molar-refractivity contribution in [2.24, 2.45) is 0 Å². The average molecular weight is 324 g/mol. The van der Waals surface area contributed by atoms with Gasteiger partial charge in [-0.05, 0) is 41.0 Å². The Morgan fingerprint density at radius 3 is 2.31 bits per heavy atom. The van der Waals surface area contributed by atoms with Crippen LogP contribution >= 0.6 is 22.6 Å². The molecular formula is C13H13IN2. The summed E-state index contributed by atoms with van der Waals surface area (Å²) in [6, 6.07) is 10.5. The van der Waals surface area contributed by atoms with Gasteiger partial charge in [-0.15, -0.1) is 0 Å². The van der Waals surface area contributed by atoms with Gasteiger partial charge in [0.05, 0.1) is 0 Å². The molecule has 0 spiro atoms. The Bertz CT molecular complexity index is 425. The zero-order valence-electron chi connectivity index (χ0n) is 8.94. The van der Waals surface area contributed by atoms with Crippen molar-refractivity contribution in [3.63, 3.8) is 0 Å². The van der Waals surface area contributed by atoms with E-state index in [1.165, 1.54) is 5.56 Å². The molecular weight excluding hydrogens is 311 g/mol. The number of nitrogens with zero attached hydrogens (tertiary/aromatic N) is 2. The van der Waals surface area contributed by atoms with Gasteiger partial charge in [-0.3, -0.25) is 0 Å². The van der Waals surface area contributed by atoms with Crippen LogP contribution in [0, 0.1) is 3.57 Å². The van der Waals surface area contributed by atoms with Crippen LogP contribution in [0.5, 0.6) is 0 Å². The zero-order valence-corrected chi connectivity index (χ0v) is 11.1. The lowest BCUT2D eigenvalue weighted by Gasteiger charge is -2.01. The number of aromatic nitrogens is 2. The third-order valence-corrected chi connectivity index (χ3v) is 2.94. The van der Waals surface area contributed by atoms with Gasteiger partial charge in [0.15, 0.2) is 0 Å². The van der Waals surface area contributed by atoms with Crippen molar-refractivity contribution < 1.29 is 0 Å². The van der Waals surface area contributed by atoms with Crippen LogP contribution in [-0.4, -0.2) is 9.97 Å². The van der Waals surface area contributed by atoms with Crippen LogP contribution in [0.15, 0.2) is 42.7 Å². The number of hydrogen-bond donors (Lipinski definition) is 0. The van der Waals surface area contributed by atoms with Crippen LogP contribution in [-0.2, 0) is 12.8 Å². The fraction of sp³-hybridized carbons (Fsp3) is 0.231. The molecule has 0 saturated carbocycles. The smallest absolute Gasteiger partial charge is 0.128 e. The summed E-state index contributed by atoms with van der Waals surface area (Å²) in [5.41, 5.74) is 1.38. The van der Waals surface area contributed by atoms with Gasteiger partial charge in [0.1, 0.15) is 5.82 Å². The van der Waals surface area contributed by atoms with E-state index in [0.717, 1.165) is 28.7 Å². The fourth-order valence-electron chi connectivity index (χ4n) is 1.56. The summed E-state index contributed by atoms with van der Waals surface area (Å²) < 4.78 is 1.09. The molecule has 16 heavy (non-hydrogen) atoms. The monoisotopic (exact) mass is 324 g/mol. The zero-order chi connectivity index (χ0) is 11.2. The van der Waals surface area contributed by atoms with Gasteiger partial charge >= 0.3 is 0 Å². The van der Waals surface area contributed by atoms with Crippen molar-refractivity contribution in [1.29, 1.82) is 0 Å². The van der Waals surface area contributed by atoms with Crippen molar-refractivity contribution in [2.75, 3.05) is 0 Å². The van der Waals surface area contributed by atoms with Gasteiger partial charge in [0.2, 0.25) is 0 Å². The molecule has 0 saturated heterocycles. The van der Waals surface area contributed by atoms with Crippen LogP contribution in [0.4, 0.5) is 0 Å². The molecule has 0 radical (unpaired) electrons. The molecule has 0 fully saturated rings. The lowest BCUT2D eigenvalue weighted by Crippen LogP contribution is -1.96. The van der Waals surface area contributed by atoms with Crippen molar-refractivity contribution in [1.82, 2.24) is 9.97 Å². The van der Waals surface area contributed by atoms with Crippen LogP contribution in [0.3, 0.4) is 0 Å². The summed E-state index contributed by atoms with van der Waals surface area (Å²) in [5.74, 6) is 0.941. The minimum atomic E-state index is 0.941. The van der Waals surface area contributed by atoms with E-state index in [-0.39, 0.29) is 0 Å². The highest BCUT2D eigenvalue weighted by atomic mass is 127. The molecule has 2 nitrogen and oxygen atoms in total. The topological polar surface area (TPSA) is 25.8 Å². The van der Waals surface area contributed by atoms with Crippen LogP contribution in [0.25, 0.3) is 0 Å². The third kappa shape index (κ3) is 3.56. The van der Waals surface area contributed by atoms with E-state index in [2.05, 4.69) is 56.8 Å². The van der Waals surface area contributed by atoms with Crippen LogP contribution in [0.2, 0.25) is 0 Å². The average Bonchev–Trinajstić information content (AvgIpc) is 2.33. The molecule has 0 unspecified atom stereocenters. The Morgan fingerprint density at radius 1 is 0.938 bits per heavy atom. The van der Waals surface area contributed by atoms with Gasteiger partial charge in [-0.1, -0.05) is 30.3 Å². The summed E-state index contributed by atoms with van der Waals surface area (Å²) in [5, 5.41) is 0. The van der Waals surface area contributed by atoms with E-state index >= 15 is 0 Å². The Morgan fingerprint density at radius 2 is 1.62 bits per heavy atom. The molecule has 0 aliphatic heterocycles. The molecule has 82 valence electrons. The molecule has 0 amide bonds. The van der Waals surface area contributed by atoms with Gasteiger partial charge in [0, 0.05) is 22.4 Å². The quantitative estimate of drug-likeness (QED) is 0.807. The molecule has 1 aromatic heterocycles. The Labute approximate surface area is 109 Å². The van der Waals surface area contributed by atoms with Gasteiger partial charge in [-0.2, -0.15) is 0 Å². The largest absolute Gasteiger partial charge is 0.240 e. The van der Waals surface area contributed by atoms with E-state index in [1.807, 2.05) is 18.5 Å². The molecule has 0 aliphatic rings. The number of halogens is 1. The summed E-state index contributed by atoms with van der Waals surface area (Å²) in [7, 11) is 0. The molecule has 0 atom stereocenters. The minimum absolute atomic E-state index is 0.941. The highest BCUT2D eigenvalue weighted by Gasteiger charge is 1.97. The highest BCUT2D eigenvalue weighted by molar-refractivity contribution is 14.1. The number of aryl methyl sites for hydroxylation is 2. The second-order valence-electron chi connectivity index (χ2n) is 3.66. The molecule has 0 N–H and O–H groups in total. The molecule has 3 heteroatoms. The van der Waals surface area contributed by atoms with E-state index in [0.29, 0.717) is 0 Å². The highest BCUT2D eigenvalue weighted by Crippen LogP contribution is 2.06. The van der Waals surface area contributed by atoms with Crippen LogP contribution < -0.4 is 0 Å². The summed E-state index contributed by atoms with van der Waals surface area (Å²) >= 11 is 2.22. The summed E-state index contributed by atoms with van der Waals surface area (Å²) in [6.07, 6.45) is 6.88. The predicted molar refractivity (Wildman–Crippen MR) is 73.2 cm³/mol. The lowest BCUT2D eigenvalue weighted by molar-refractivity contribution is 0.769. The van der Waals surface area contributed by atoms with Crippen molar-refractivity contribution in [2.45, 2.75) is 19.3 Å². The van der Waals surface area contributed by atoms with E-state index in [4.69, 9.17) is 0 Å². The molecule has 0 aliphatic carbocycles. The molecule has 2 aromatic rings. The van der Waals surface area contributed by atoms with Gasteiger partial charge in [0.25, 0.3) is 0 Å². The number of hydrogen-bond acceptors (Lipinski definition) is 2. The van der Waals surface area contributed by atoms with Gasteiger partial charge < -0.3 is 0 Å². The summed E-state index contributed by atoms with van der Waals surface area (Å²) in [6.45, 7) is 0. The Hall–Kier alpha value is -0.970. The maximum absolute atomic E-state index is 4.29. The predicted octanol–water partition coefficient (Wildman–Crippen LogP) is 3.26. The lowest BCUT2D eigenvalue weighted by atomic mass is 10.1. The molecule has 1 heterocycles. The first-order valence-electron chi connectivity index (χ1n) is 5.35. The second-order valence-corrected chi connectivity index (χ2v) is 4.90. The second kappa shape index (κ2) is 5.94. The van der Waals surface area contributed by atoms with Crippen LogP contribution in [0.1, 0.15) is 17.8 Å². The maximum Gasteiger partial charge on any atom is 0.128 e. The molecule has 2 rings (SSSR count). The Kier molecular flexibility index (Phi) is 4.27. The number of rotatable bonds is 4. The first kappa shape index (κ1) is 11.5.